The monoisotopic (exact) mass is 484 g/mol. The molecule has 0 unspecified atom stereocenters. The zero-order valence-electron chi connectivity index (χ0n) is 20.0. The number of amides is 2. The van der Waals surface area contributed by atoms with E-state index in [9.17, 15) is 9.59 Å². The minimum Gasteiger partial charge on any atom is -0.275 e. The summed E-state index contributed by atoms with van der Waals surface area (Å²) in [5.74, 6) is -1.14. The molecule has 5 nitrogen and oxygen atoms in total. The highest BCUT2D eigenvalue weighted by Gasteiger charge is 2.60. The molecule has 0 radical (unpaired) electrons. The zero-order chi connectivity index (χ0) is 24.9. The number of hydrogen-bond acceptors (Lipinski definition) is 4. The molecule has 2 amide bonds. The van der Waals surface area contributed by atoms with Gasteiger partial charge in [0.25, 0.3) is 5.91 Å². The smallest absolute Gasteiger partial charge is 0.262 e. The van der Waals surface area contributed by atoms with Gasteiger partial charge in [0.1, 0.15) is 5.92 Å². The molecule has 0 aliphatic carbocycles. The first-order valence-electron chi connectivity index (χ1n) is 12.5. The van der Waals surface area contributed by atoms with Crippen molar-refractivity contribution in [3.8, 4) is 0 Å². The molecule has 2 saturated heterocycles. The van der Waals surface area contributed by atoms with Gasteiger partial charge in [0.05, 0.1) is 18.3 Å². The van der Waals surface area contributed by atoms with Gasteiger partial charge < -0.3 is 0 Å². The molecule has 0 spiro atoms. The predicted octanol–water partition coefficient (Wildman–Crippen LogP) is 6.04. The lowest BCUT2D eigenvalue weighted by atomic mass is 9.84. The summed E-state index contributed by atoms with van der Waals surface area (Å²) < 4.78 is 0. The third kappa shape index (κ3) is 3.43. The fourth-order valence-electron chi connectivity index (χ4n) is 5.85. The summed E-state index contributed by atoms with van der Waals surface area (Å²) in [6.45, 7) is 0.239. The first-order valence-corrected chi connectivity index (χ1v) is 12.5. The molecular formula is C32H24N2O3. The summed E-state index contributed by atoms with van der Waals surface area (Å²) in [6, 6.07) is 37.5. The van der Waals surface area contributed by atoms with Crippen molar-refractivity contribution in [3.05, 3.63) is 126 Å². The molecule has 2 aliphatic heterocycles. The molecule has 5 aromatic carbocycles. The van der Waals surface area contributed by atoms with E-state index in [4.69, 9.17) is 4.84 Å². The predicted molar refractivity (Wildman–Crippen MR) is 143 cm³/mol. The molecule has 7 rings (SSSR count). The average Bonchev–Trinajstić information content (AvgIpc) is 3.44. The number of hydroxylamine groups is 1. The minimum atomic E-state index is -0.876. The van der Waals surface area contributed by atoms with Gasteiger partial charge in [-0.2, -0.15) is 0 Å². The molecule has 180 valence electrons. The largest absolute Gasteiger partial charge is 0.275 e. The highest BCUT2D eigenvalue weighted by molar-refractivity contribution is 6.09. The summed E-state index contributed by atoms with van der Waals surface area (Å²) in [7, 11) is 0. The van der Waals surface area contributed by atoms with Gasteiger partial charge in [0.15, 0.2) is 6.10 Å². The number of nitrogens with zero attached hydrogens (tertiary/aromatic N) is 2. The second-order valence-corrected chi connectivity index (χ2v) is 9.64. The van der Waals surface area contributed by atoms with Crippen LogP contribution >= 0.6 is 0 Å². The second kappa shape index (κ2) is 8.57. The van der Waals surface area contributed by atoms with Crippen molar-refractivity contribution in [2.75, 3.05) is 5.06 Å². The highest BCUT2D eigenvalue weighted by Crippen LogP contribution is 2.50. The van der Waals surface area contributed by atoms with Crippen molar-refractivity contribution in [2.24, 2.45) is 5.92 Å². The quantitative estimate of drug-likeness (QED) is 0.231. The van der Waals surface area contributed by atoms with Gasteiger partial charge in [-0.15, -0.1) is 0 Å². The Balaban J connectivity index is 1.43. The SMILES string of the molecule is O=C1[C@@H]2[C@H](ON(c3ccccc3)[C@H]2c2c3ccccc3cc3ccccc23)C(=O)N1Cc1ccccc1. The lowest BCUT2D eigenvalue weighted by Gasteiger charge is -2.30. The van der Waals surface area contributed by atoms with Crippen LogP contribution in [0.1, 0.15) is 17.2 Å². The van der Waals surface area contributed by atoms with Crippen molar-refractivity contribution in [1.29, 1.82) is 0 Å². The maximum atomic E-state index is 14.0. The van der Waals surface area contributed by atoms with Crippen LogP contribution in [0, 0.1) is 5.92 Å². The Hall–Kier alpha value is -4.48. The number of fused-ring (bicyclic) bond motifs is 3. The van der Waals surface area contributed by atoms with E-state index in [0.717, 1.165) is 38.4 Å². The van der Waals surface area contributed by atoms with Crippen LogP contribution < -0.4 is 5.06 Å². The third-order valence-electron chi connectivity index (χ3n) is 7.51. The van der Waals surface area contributed by atoms with Crippen LogP contribution in [0.5, 0.6) is 0 Å². The molecule has 0 N–H and O–H groups in total. The molecule has 2 heterocycles. The topological polar surface area (TPSA) is 49.9 Å². The van der Waals surface area contributed by atoms with Crippen LogP contribution in [-0.2, 0) is 21.0 Å². The van der Waals surface area contributed by atoms with Crippen molar-refractivity contribution >= 4 is 39.0 Å². The summed E-state index contributed by atoms with van der Waals surface area (Å²) in [5, 5.41) is 6.08. The molecule has 0 saturated carbocycles. The molecule has 2 aliphatic rings. The summed E-state index contributed by atoms with van der Waals surface area (Å²) >= 11 is 0. The lowest BCUT2D eigenvalue weighted by Crippen LogP contribution is -2.37. The van der Waals surface area contributed by atoms with Gasteiger partial charge in [-0.05, 0) is 50.9 Å². The number of para-hydroxylation sites is 1. The van der Waals surface area contributed by atoms with Gasteiger partial charge in [-0.1, -0.05) is 97.1 Å². The fourth-order valence-corrected chi connectivity index (χ4v) is 5.85. The van der Waals surface area contributed by atoms with Gasteiger partial charge in [0.2, 0.25) is 5.91 Å². The standard InChI is InChI=1S/C32H24N2O3/c35-31-28-29(27-25-17-9-7-13-22(25)19-23-14-8-10-18-26(23)27)34(24-15-5-2-6-16-24)37-30(28)32(36)33(31)20-21-11-3-1-4-12-21/h1-19,28-30H,20H2/t28-,29-,30-/m0/s1. The summed E-state index contributed by atoms with van der Waals surface area (Å²) in [4.78, 5) is 35.4. The highest BCUT2D eigenvalue weighted by atomic mass is 16.7. The van der Waals surface area contributed by atoms with E-state index in [1.54, 1.807) is 5.06 Å². The molecule has 5 aromatic rings. The molecule has 2 fully saturated rings. The molecule has 0 bridgehead atoms. The van der Waals surface area contributed by atoms with Crippen LogP contribution in [0.2, 0.25) is 0 Å². The molecular weight excluding hydrogens is 460 g/mol. The average molecular weight is 485 g/mol. The Morgan fingerprint density at radius 3 is 1.86 bits per heavy atom. The molecule has 5 heteroatoms. The van der Waals surface area contributed by atoms with E-state index in [1.807, 2.05) is 84.9 Å². The van der Waals surface area contributed by atoms with Crippen LogP contribution in [-0.4, -0.2) is 22.8 Å². The maximum Gasteiger partial charge on any atom is 0.262 e. The number of imide groups is 1. The number of likely N-dealkylation sites (tertiary alicyclic amines) is 1. The number of anilines is 1. The number of carbonyl (C=O) groups excluding carboxylic acids is 2. The van der Waals surface area contributed by atoms with Crippen LogP contribution in [0.4, 0.5) is 5.69 Å². The lowest BCUT2D eigenvalue weighted by molar-refractivity contribution is -0.143. The van der Waals surface area contributed by atoms with Crippen LogP contribution in [0.3, 0.4) is 0 Å². The van der Waals surface area contributed by atoms with Crippen LogP contribution in [0.15, 0.2) is 115 Å². The number of benzene rings is 5. The third-order valence-corrected chi connectivity index (χ3v) is 7.51. The number of rotatable bonds is 4. The van der Waals surface area contributed by atoms with E-state index < -0.39 is 18.1 Å². The maximum absolute atomic E-state index is 14.0. The van der Waals surface area contributed by atoms with Crippen molar-refractivity contribution < 1.29 is 14.4 Å². The fraction of sp³-hybridized carbons (Fsp3) is 0.125. The van der Waals surface area contributed by atoms with E-state index in [0.29, 0.717) is 0 Å². The molecule has 37 heavy (non-hydrogen) atoms. The van der Waals surface area contributed by atoms with Gasteiger partial charge in [-0.25, -0.2) is 5.06 Å². The zero-order valence-corrected chi connectivity index (χ0v) is 20.0. The van der Waals surface area contributed by atoms with Crippen molar-refractivity contribution in [3.63, 3.8) is 0 Å². The van der Waals surface area contributed by atoms with Crippen molar-refractivity contribution in [2.45, 2.75) is 18.7 Å². The molecule has 0 aromatic heterocycles. The second-order valence-electron chi connectivity index (χ2n) is 9.64. The minimum absolute atomic E-state index is 0.195. The van der Waals surface area contributed by atoms with E-state index in [2.05, 4.69) is 30.3 Å². The summed E-state index contributed by atoms with van der Waals surface area (Å²) in [5.41, 5.74) is 2.73. The van der Waals surface area contributed by atoms with Gasteiger partial charge in [-0.3, -0.25) is 19.3 Å². The van der Waals surface area contributed by atoms with E-state index >= 15 is 0 Å². The number of hydrogen-bond donors (Lipinski definition) is 0. The Bertz CT molecular complexity index is 1600. The van der Waals surface area contributed by atoms with Gasteiger partial charge in [0, 0.05) is 0 Å². The molecule has 3 atom stereocenters. The summed E-state index contributed by atoms with van der Waals surface area (Å²) in [6.07, 6.45) is -0.876. The first kappa shape index (κ1) is 21.8. The van der Waals surface area contributed by atoms with E-state index in [-0.39, 0.29) is 18.4 Å². The number of carbonyl (C=O) groups is 2. The van der Waals surface area contributed by atoms with Gasteiger partial charge >= 0.3 is 0 Å². The van der Waals surface area contributed by atoms with Crippen molar-refractivity contribution in [1.82, 2.24) is 4.90 Å². The Kier molecular flexibility index (Phi) is 5.05. The Labute approximate surface area is 214 Å². The first-order chi connectivity index (χ1) is 18.2. The van der Waals surface area contributed by atoms with Crippen LogP contribution in [0.25, 0.3) is 21.5 Å². The Morgan fingerprint density at radius 2 is 1.22 bits per heavy atom. The van der Waals surface area contributed by atoms with E-state index in [1.165, 1.54) is 4.90 Å². The Morgan fingerprint density at radius 1 is 0.649 bits per heavy atom. The normalized spacial score (nSPS) is 21.2.